The molecule has 1 N–H and O–H groups in total. The van der Waals surface area contributed by atoms with Crippen LogP contribution in [-0.2, 0) is 0 Å². The summed E-state index contributed by atoms with van der Waals surface area (Å²) in [7, 11) is 3.57. The predicted molar refractivity (Wildman–Crippen MR) is 66.2 cm³/mol. The van der Waals surface area contributed by atoms with Crippen molar-refractivity contribution in [2.45, 2.75) is 13.0 Å². The van der Waals surface area contributed by atoms with Gasteiger partial charge in [0.25, 0.3) is 0 Å². The standard InChI is InChI=1S/C13H19NO2/c1-5-8-16-12-7-6-11(10(2)14-3)9-13(12)15-4/h5-7,9-10,14H,1,8H2,2-4H3. The SMILES string of the molecule is C=CCOc1ccc(C(C)NC)cc1OC. The van der Waals surface area contributed by atoms with Gasteiger partial charge in [0.1, 0.15) is 6.61 Å². The lowest BCUT2D eigenvalue weighted by atomic mass is 10.1. The van der Waals surface area contributed by atoms with Crippen LogP contribution in [0.25, 0.3) is 0 Å². The van der Waals surface area contributed by atoms with Gasteiger partial charge in [-0.15, -0.1) is 0 Å². The summed E-state index contributed by atoms with van der Waals surface area (Å²) in [6.45, 7) is 6.19. The first kappa shape index (κ1) is 12.6. The van der Waals surface area contributed by atoms with Gasteiger partial charge in [-0.25, -0.2) is 0 Å². The summed E-state index contributed by atoms with van der Waals surface area (Å²) in [4.78, 5) is 0. The van der Waals surface area contributed by atoms with Crippen LogP contribution in [0, 0.1) is 0 Å². The number of methoxy groups -OCH3 is 1. The third-order valence-corrected chi connectivity index (χ3v) is 2.48. The molecule has 0 aliphatic rings. The second-order valence-electron chi connectivity index (χ2n) is 3.52. The van der Waals surface area contributed by atoms with Crippen molar-refractivity contribution >= 4 is 0 Å². The molecule has 0 fully saturated rings. The Morgan fingerprint density at radius 2 is 2.19 bits per heavy atom. The Morgan fingerprint density at radius 1 is 1.44 bits per heavy atom. The third-order valence-electron chi connectivity index (χ3n) is 2.48. The van der Waals surface area contributed by atoms with Gasteiger partial charge in [0.05, 0.1) is 7.11 Å². The summed E-state index contributed by atoms with van der Waals surface area (Å²) in [6, 6.07) is 6.23. The molecule has 1 aromatic rings. The Hall–Kier alpha value is -1.48. The number of hydrogen-bond donors (Lipinski definition) is 1. The lowest BCUT2D eigenvalue weighted by Gasteiger charge is -2.14. The van der Waals surface area contributed by atoms with Crippen molar-refractivity contribution < 1.29 is 9.47 Å². The monoisotopic (exact) mass is 221 g/mol. The molecule has 3 heteroatoms. The first-order valence-corrected chi connectivity index (χ1v) is 5.31. The first-order chi connectivity index (χ1) is 7.72. The van der Waals surface area contributed by atoms with Crippen LogP contribution in [0.15, 0.2) is 30.9 Å². The second kappa shape index (κ2) is 6.18. The molecule has 0 heterocycles. The minimum atomic E-state index is 0.294. The zero-order chi connectivity index (χ0) is 12.0. The highest BCUT2D eigenvalue weighted by molar-refractivity contribution is 5.43. The van der Waals surface area contributed by atoms with E-state index in [1.807, 2.05) is 25.2 Å². The van der Waals surface area contributed by atoms with Gasteiger partial charge in [-0.3, -0.25) is 0 Å². The quantitative estimate of drug-likeness (QED) is 0.749. The van der Waals surface area contributed by atoms with Crippen molar-refractivity contribution in [3.05, 3.63) is 36.4 Å². The van der Waals surface area contributed by atoms with Gasteiger partial charge < -0.3 is 14.8 Å². The Kier molecular flexibility index (Phi) is 4.86. The lowest BCUT2D eigenvalue weighted by molar-refractivity contribution is 0.326. The van der Waals surface area contributed by atoms with Crippen molar-refractivity contribution in [2.75, 3.05) is 20.8 Å². The molecule has 0 radical (unpaired) electrons. The Bertz CT molecular complexity index is 350. The van der Waals surface area contributed by atoms with E-state index in [1.54, 1.807) is 13.2 Å². The summed E-state index contributed by atoms with van der Waals surface area (Å²) in [5.41, 5.74) is 1.17. The maximum absolute atomic E-state index is 5.48. The van der Waals surface area contributed by atoms with Crippen molar-refractivity contribution in [1.82, 2.24) is 5.32 Å². The Labute approximate surface area is 97.1 Å². The van der Waals surface area contributed by atoms with Gasteiger partial charge in [0.15, 0.2) is 11.5 Å². The van der Waals surface area contributed by atoms with Gasteiger partial charge in [-0.1, -0.05) is 18.7 Å². The number of benzene rings is 1. The highest BCUT2D eigenvalue weighted by Crippen LogP contribution is 2.30. The van der Waals surface area contributed by atoms with E-state index in [0.717, 1.165) is 11.5 Å². The molecule has 0 amide bonds. The third kappa shape index (κ3) is 3.00. The maximum atomic E-state index is 5.48. The van der Waals surface area contributed by atoms with Gasteiger partial charge in [0.2, 0.25) is 0 Å². The van der Waals surface area contributed by atoms with Gasteiger partial charge >= 0.3 is 0 Å². The van der Waals surface area contributed by atoms with E-state index < -0.39 is 0 Å². The second-order valence-corrected chi connectivity index (χ2v) is 3.52. The highest BCUT2D eigenvalue weighted by Gasteiger charge is 2.08. The summed E-state index contributed by atoms with van der Waals surface area (Å²) >= 11 is 0. The summed E-state index contributed by atoms with van der Waals surface area (Å²) in [5.74, 6) is 1.50. The van der Waals surface area contributed by atoms with E-state index in [-0.39, 0.29) is 0 Å². The molecule has 0 aliphatic heterocycles. The lowest BCUT2D eigenvalue weighted by Crippen LogP contribution is -2.12. The predicted octanol–water partition coefficient (Wildman–Crippen LogP) is 2.54. The van der Waals surface area contributed by atoms with Crippen LogP contribution in [0.5, 0.6) is 11.5 Å². The highest BCUT2D eigenvalue weighted by atomic mass is 16.5. The first-order valence-electron chi connectivity index (χ1n) is 5.31. The van der Waals surface area contributed by atoms with Crippen molar-refractivity contribution in [1.29, 1.82) is 0 Å². The number of rotatable bonds is 6. The van der Waals surface area contributed by atoms with Gasteiger partial charge in [-0.2, -0.15) is 0 Å². The van der Waals surface area contributed by atoms with Crippen LogP contribution in [0.2, 0.25) is 0 Å². The van der Waals surface area contributed by atoms with Crippen molar-refractivity contribution in [2.24, 2.45) is 0 Å². The fourth-order valence-corrected chi connectivity index (χ4v) is 1.39. The smallest absolute Gasteiger partial charge is 0.161 e. The maximum Gasteiger partial charge on any atom is 0.161 e. The van der Waals surface area contributed by atoms with Gasteiger partial charge in [0, 0.05) is 6.04 Å². The molecule has 1 unspecified atom stereocenters. The number of ether oxygens (including phenoxy) is 2. The average molecular weight is 221 g/mol. The molecule has 3 nitrogen and oxygen atoms in total. The van der Waals surface area contributed by atoms with Gasteiger partial charge in [-0.05, 0) is 31.7 Å². The van der Waals surface area contributed by atoms with E-state index in [0.29, 0.717) is 12.6 Å². The average Bonchev–Trinajstić information content (AvgIpc) is 2.35. The van der Waals surface area contributed by atoms with Crippen LogP contribution in [0.1, 0.15) is 18.5 Å². The van der Waals surface area contributed by atoms with Crippen LogP contribution >= 0.6 is 0 Å². The molecule has 1 aromatic carbocycles. The number of nitrogens with one attached hydrogen (secondary N) is 1. The Morgan fingerprint density at radius 3 is 2.75 bits per heavy atom. The summed E-state index contributed by atoms with van der Waals surface area (Å²) in [6.07, 6.45) is 1.71. The van der Waals surface area contributed by atoms with Crippen LogP contribution in [0.3, 0.4) is 0 Å². The molecular formula is C13H19NO2. The minimum Gasteiger partial charge on any atom is -0.493 e. The normalized spacial score (nSPS) is 11.9. The zero-order valence-electron chi connectivity index (χ0n) is 10.1. The largest absolute Gasteiger partial charge is 0.493 e. The van der Waals surface area contributed by atoms with Crippen LogP contribution in [0.4, 0.5) is 0 Å². The molecule has 0 saturated heterocycles. The molecule has 1 rings (SSSR count). The molecule has 1 atom stereocenters. The molecule has 88 valence electrons. The van der Waals surface area contributed by atoms with Crippen molar-refractivity contribution in [3.63, 3.8) is 0 Å². The zero-order valence-corrected chi connectivity index (χ0v) is 10.1. The fraction of sp³-hybridized carbons (Fsp3) is 0.385. The van der Waals surface area contributed by atoms with E-state index >= 15 is 0 Å². The molecular weight excluding hydrogens is 202 g/mol. The molecule has 0 aliphatic carbocycles. The molecule has 0 bridgehead atoms. The van der Waals surface area contributed by atoms with Crippen LogP contribution in [-0.4, -0.2) is 20.8 Å². The van der Waals surface area contributed by atoms with E-state index in [9.17, 15) is 0 Å². The summed E-state index contributed by atoms with van der Waals surface area (Å²) in [5, 5.41) is 3.18. The molecule has 0 spiro atoms. The minimum absolute atomic E-state index is 0.294. The summed E-state index contributed by atoms with van der Waals surface area (Å²) < 4.78 is 10.8. The molecule has 0 aromatic heterocycles. The topological polar surface area (TPSA) is 30.5 Å². The van der Waals surface area contributed by atoms with E-state index in [1.165, 1.54) is 5.56 Å². The van der Waals surface area contributed by atoms with Crippen LogP contribution < -0.4 is 14.8 Å². The molecule has 0 saturated carbocycles. The Balaban J connectivity index is 2.92. The van der Waals surface area contributed by atoms with Crippen molar-refractivity contribution in [3.8, 4) is 11.5 Å². The fourth-order valence-electron chi connectivity index (χ4n) is 1.39. The molecule has 16 heavy (non-hydrogen) atoms. The van der Waals surface area contributed by atoms with E-state index in [4.69, 9.17) is 9.47 Å². The van der Waals surface area contributed by atoms with E-state index in [2.05, 4.69) is 18.8 Å². The number of hydrogen-bond acceptors (Lipinski definition) is 3.